The number of benzene rings is 2. The van der Waals surface area contributed by atoms with Gasteiger partial charge in [-0.3, -0.25) is 9.78 Å². The Kier molecular flexibility index (Phi) is 9.55. The fraction of sp³-hybridized carbons (Fsp3) is 0.217. The van der Waals surface area contributed by atoms with Crippen molar-refractivity contribution in [2.45, 2.75) is 33.9 Å². The van der Waals surface area contributed by atoms with E-state index in [0.29, 0.717) is 16.8 Å². The lowest BCUT2D eigenvalue weighted by molar-refractivity contribution is -0.137. The maximum Gasteiger partial charge on any atom is 0.416 e. The van der Waals surface area contributed by atoms with Crippen LogP contribution >= 0.6 is 0 Å². The summed E-state index contributed by atoms with van der Waals surface area (Å²) in [6.45, 7) is 8.00. The first kappa shape index (κ1) is 24.7. The summed E-state index contributed by atoms with van der Waals surface area (Å²) in [6, 6.07) is 11.3. The summed E-state index contributed by atoms with van der Waals surface area (Å²) in [5.74, 6) is -0.286. The minimum atomic E-state index is -4.46. The standard InChI is InChI=1S/C19H13F3N2O2.2C2H6/c20-19(21,22)13-3-1-4-14(10-13)26-15-9-12(6-7-18(23)25)16-5-2-8-24-17(16)11-15;2*1-2/h1-11H,(H2,23,25);2*1-2H3/b7-6+;;. The van der Waals surface area contributed by atoms with Crippen molar-refractivity contribution in [2.24, 2.45) is 5.73 Å². The molecule has 0 saturated heterocycles. The van der Waals surface area contributed by atoms with Crippen molar-refractivity contribution in [3.63, 3.8) is 0 Å². The van der Waals surface area contributed by atoms with E-state index in [4.69, 9.17) is 10.5 Å². The summed E-state index contributed by atoms with van der Waals surface area (Å²) >= 11 is 0. The van der Waals surface area contributed by atoms with E-state index in [-0.39, 0.29) is 5.75 Å². The largest absolute Gasteiger partial charge is 0.457 e. The summed E-state index contributed by atoms with van der Waals surface area (Å²) in [5.41, 5.74) is 5.50. The Labute approximate surface area is 174 Å². The highest BCUT2D eigenvalue weighted by molar-refractivity contribution is 5.95. The number of carbonyl (C=O) groups is 1. The van der Waals surface area contributed by atoms with Gasteiger partial charge in [-0.05, 0) is 42.0 Å². The van der Waals surface area contributed by atoms with Gasteiger partial charge in [-0.15, -0.1) is 0 Å². The van der Waals surface area contributed by atoms with Crippen LogP contribution in [0.5, 0.6) is 11.5 Å². The predicted molar refractivity (Wildman–Crippen MR) is 114 cm³/mol. The summed E-state index contributed by atoms with van der Waals surface area (Å²) < 4.78 is 44.1. The molecule has 2 aromatic carbocycles. The number of amides is 1. The highest BCUT2D eigenvalue weighted by atomic mass is 19.4. The molecule has 0 saturated carbocycles. The molecule has 30 heavy (non-hydrogen) atoms. The molecule has 0 aliphatic rings. The van der Waals surface area contributed by atoms with Gasteiger partial charge >= 0.3 is 6.18 Å². The average Bonchev–Trinajstić information content (AvgIpc) is 2.74. The molecule has 0 atom stereocenters. The molecule has 1 heterocycles. The average molecular weight is 418 g/mol. The zero-order chi connectivity index (χ0) is 22.7. The molecule has 160 valence electrons. The third-order valence-corrected chi connectivity index (χ3v) is 3.55. The number of alkyl halides is 3. The smallest absolute Gasteiger partial charge is 0.416 e. The number of primary amides is 1. The fourth-order valence-corrected chi connectivity index (χ4v) is 2.42. The number of hydrogen-bond acceptors (Lipinski definition) is 3. The molecule has 0 bridgehead atoms. The SMILES string of the molecule is CC.CC.NC(=O)/C=C/c1cc(Oc2cccc(C(F)(F)F)c2)cc2ncccc12. The number of hydrogen-bond donors (Lipinski definition) is 1. The van der Waals surface area contributed by atoms with E-state index in [1.54, 1.807) is 30.5 Å². The summed E-state index contributed by atoms with van der Waals surface area (Å²) in [6.07, 6.45) is -0.182. The second-order valence-electron chi connectivity index (χ2n) is 5.45. The molecule has 7 heteroatoms. The number of fused-ring (bicyclic) bond motifs is 1. The van der Waals surface area contributed by atoms with Crippen molar-refractivity contribution in [3.05, 3.63) is 71.9 Å². The Morgan fingerprint density at radius 2 is 1.70 bits per heavy atom. The summed E-state index contributed by atoms with van der Waals surface area (Å²) in [4.78, 5) is 15.2. The van der Waals surface area contributed by atoms with Gasteiger partial charge in [0.15, 0.2) is 0 Å². The van der Waals surface area contributed by atoms with Crippen LogP contribution in [0, 0.1) is 0 Å². The number of carbonyl (C=O) groups excluding carboxylic acids is 1. The van der Waals surface area contributed by atoms with E-state index in [9.17, 15) is 18.0 Å². The lowest BCUT2D eigenvalue weighted by Gasteiger charge is -2.11. The number of pyridine rings is 1. The van der Waals surface area contributed by atoms with Crippen LogP contribution in [0.3, 0.4) is 0 Å². The molecule has 0 unspecified atom stereocenters. The molecular weight excluding hydrogens is 393 g/mol. The number of aromatic nitrogens is 1. The molecular formula is C23H25F3N2O2. The first-order valence-corrected chi connectivity index (χ1v) is 9.54. The molecule has 1 aromatic heterocycles. The molecule has 0 aliphatic heterocycles. The molecule has 1 amide bonds. The van der Waals surface area contributed by atoms with Crippen molar-refractivity contribution >= 4 is 22.9 Å². The Morgan fingerprint density at radius 1 is 1.00 bits per heavy atom. The molecule has 0 fully saturated rings. The molecule has 0 spiro atoms. The van der Waals surface area contributed by atoms with Gasteiger partial charge in [-0.1, -0.05) is 39.8 Å². The topological polar surface area (TPSA) is 65.2 Å². The monoisotopic (exact) mass is 418 g/mol. The quantitative estimate of drug-likeness (QED) is 0.486. The normalized spacial score (nSPS) is 10.6. The Hall–Kier alpha value is -3.35. The number of halogens is 3. The fourth-order valence-electron chi connectivity index (χ4n) is 2.42. The van der Waals surface area contributed by atoms with Crippen LogP contribution in [-0.4, -0.2) is 10.9 Å². The zero-order valence-electron chi connectivity index (χ0n) is 17.3. The third-order valence-electron chi connectivity index (χ3n) is 3.55. The van der Waals surface area contributed by atoms with Crippen LogP contribution < -0.4 is 10.5 Å². The highest BCUT2D eigenvalue weighted by Crippen LogP contribution is 2.34. The molecule has 4 nitrogen and oxygen atoms in total. The minimum absolute atomic E-state index is 0.0416. The summed E-state index contributed by atoms with van der Waals surface area (Å²) in [7, 11) is 0. The number of ether oxygens (including phenoxy) is 1. The first-order valence-electron chi connectivity index (χ1n) is 9.54. The molecule has 0 aliphatic carbocycles. The Bertz CT molecular complexity index is 999. The van der Waals surface area contributed by atoms with Gasteiger partial charge < -0.3 is 10.5 Å². The molecule has 3 rings (SSSR count). The van der Waals surface area contributed by atoms with Crippen molar-refractivity contribution in [2.75, 3.05) is 0 Å². The third kappa shape index (κ3) is 6.92. The van der Waals surface area contributed by atoms with Crippen molar-refractivity contribution < 1.29 is 22.7 Å². The number of nitrogens with two attached hydrogens (primary N) is 1. The van der Waals surface area contributed by atoms with Gasteiger partial charge in [-0.2, -0.15) is 13.2 Å². The van der Waals surface area contributed by atoms with Crippen molar-refractivity contribution in [3.8, 4) is 11.5 Å². The lowest BCUT2D eigenvalue weighted by Crippen LogP contribution is -2.05. The van der Waals surface area contributed by atoms with E-state index in [2.05, 4.69) is 4.98 Å². The maximum absolute atomic E-state index is 12.8. The summed E-state index contributed by atoms with van der Waals surface area (Å²) in [5, 5.41) is 0.751. The van der Waals surface area contributed by atoms with Gasteiger partial charge in [0.1, 0.15) is 11.5 Å². The van der Waals surface area contributed by atoms with Crippen LogP contribution in [0.15, 0.2) is 60.8 Å². The molecule has 0 radical (unpaired) electrons. The van der Waals surface area contributed by atoms with Crippen LogP contribution in [-0.2, 0) is 11.0 Å². The molecule has 3 aromatic rings. The van der Waals surface area contributed by atoms with Crippen LogP contribution in [0.1, 0.15) is 38.8 Å². The number of nitrogens with zero attached hydrogens (tertiary/aromatic N) is 1. The van der Waals surface area contributed by atoms with E-state index in [1.807, 2.05) is 27.7 Å². The zero-order valence-corrected chi connectivity index (χ0v) is 17.3. The number of rotatable bonds is 4. The first-order chi connectivity index (χ1) is 14.3. The van der Waals surface area contributed by atoms with Crippen LogP contribution in [0.2, 0.25) is 0 Å². The molecule has 2 N–H and O–H groups in total. The van der Waals surface area contributed by atoms with E-state index < -0.39 is 17.6 Å². The minimum Gasteiger partial charge on any atom is -0.457 e. The van der Waals surface area contributed by atoms with Gasteiger partial charge in [0.25, 0.3) is 0 Å². The van der Waals surface area contributed by atoms with Gasteiger partial charge in [0, 0.05) is 23.7 Å². The van der Waals surface area contributed by atoms with E-state index >= 15 is 0 Å². The second-order valence-corrected chi connectivity index (χ2v) is 5.45. The predicted octanol–water partition coefficient (Wildman–Crippen LogP) is 6.60. The van der Waals surface area contributed by atoms with Gasteiger partial charge in [-0.25, -0.2) is 0 Å². The van der Waals surface area contributed by atoms with Gasteiger partial charge in [0.05, 0.1) is 11.1 Å². The van der Waals surface area contributed by atoms with Gasteiger partial charge in [0.2, 0.25) is 5.91 Å². The maximum atomic E-state index is 12.8. The van der Waals surface area contributed by atoms with Crippen LogP contribution in [0.4, 0.5) is 13.2 Å². The Morgan fingerprint density at radius 3 is 2.33 bits per heavy atom. The lowest BCUT2D eigenvalue weighted by atomic mass is 10.1. The second kappa shape index (κ2) is 11.6. The Balaban J connectivity index is 0.00000106. The van der Waals surface area contributed by atoms with Crippen LogP contribution in [0.25, 0.3) is 17.0 Å². The highest BCUT2D eigenvalue weighted by Gasteiger charge is 2.30. The van der Waals surface area contributed by atoms with Crippen molar-refractivity contribution in [1.29, 1.82) is 0 Å². The van der Waals surface area contributed by atoms with E-state index in [0.717, 1.165) is 17.5 Å². The van der Waals surface area contributed by atoms with Crippen molar-refractivity contribution in [1.82, 2.24) is 4.98 Å². The van der Waals surface area contributed by atoms with E-state index in [1.165, 1.54) is 24.3 Å².